The number of aryl methyl sites for hydroxylation is 4. The minimum atomic E-state index is -2.97. The van der Waals surface area contributed by atoms with E-state index in [1.807, 2.05) is 96.4 Å². The predicted molar refractivity (Wildman–Crippen MR) is 531 cm³/mol. The Kier molecular flexibility index (Phi) is 33.2. The number of aromatic nitrogens is 8. The van der Waals surface area contributed by atoms with Crippen LogP contribution in [0.5, 0.6) is 0 Å². The minimum Gasteiger partial charge on any atom is -0.389 e. The second-order valence-corrected chi connectivity index (χ2v) is 45.3. The zero-order chi connectivity index (χ0) is 101. The molecule has 7 fully saturated rings. The van der Waals surface area contributed by atoms with Crippen molar-refractivity contribution in [2.24, 2.45) is 5.92 Å². The summed E-state index contributed by atoms with van der Waals surface area (Å²) < 4.78 is 56.1. The van der Waals surface area contributed by atoms with Gasteiger partial charge in [0.15, 0.2) is 20.0 Å². The molecule has 0 spiro atoms. The minimum absolute atomic E-state index is 0.00462. The van der Waals surface area contributed by atoms with Crippen LogP contribution in [0.1, 0.15) is 311 Å². The molecule has 8 aromatic rings. The van der Waals surface area contributed by atoms with Gasteiger partial charge in [0.2, 0.25) is 0 Å². The lowest BCUT2D eigenvalue weighted by Gasteiger charge is -2.39. The maximum atomic E-state index is 14.1. The molecular weight excluding hydrogens is 1850 g/mol. The molecule has 750 valence electrons. The lowest BCUT2D eigenvalue weighted by Crippen LogP contribution is -2.41. The van der Waals surface area contributed by atoms with E-state index >= 15 is 0 Å². The summed E-state index contributed by atoms with van der Waals surface area (Å²) in [6.07, 6.45) is 18.8. The van der Waals surface area contributed by atoms with Gasteiger partial charge in [0, 0.05) is 146 Å². The van der Waals surface area contributed by atoms with Gasteiger partial charge in [0.1, 0.15) is 46.0 Å². The molecule has 7 aliphatic rings. The largest absolute Gasteiger partial charge is 0.389 e. The quantitative estimate of drug-likeness (QED) is 0.0186. The molecule has 138 heavy (non-hydrogen) atoms. The van der Waals surface area contributed by atoms with Gasteiger partial charge < -0.3 is 82.6 Å². The molecule has 5 saturated heterocycles. The number of alkyl halides is 4. The van der Waals surface area contributed by atoms with Crippen molar-refractivity contribution in [3.63, 3.8) is 0 Å². The van der Waals surface area contributed by atoms with E-state index in [0.717, 1.165) is 141 Å². The summed E-state index contributed by atoms with van der Waals surface area (Å²) >= 11 is 4.40. The number of amides is 8. The monoisotopic (exact) mass is 1990 g/mol. The van der Waals surface area contributed by atoms with E-state index in [2.05, 4.69) is 96.3 Å². The molecule has 15 rings (SSSR count). The summed E-state index contributed by atoms with van der Waals surface area (Å²) in [7, 11) is 0. The van der Waals surface area contributed by atoms with Gasteiger partial charge in [-0.3, -0.25) is 38.4 Å². The van der Waals surface area contributed by atoms with E-state index in [9.17, 15) is 76.3 Å². The van der Waals surface area contributed by atoms with Crippen molar-refractivity contribution >= 4 is 116 Å². The van der Waals surface area contributed by atoms with Crippen molar-refractivity contribution in [3.8, 4) is 41.8 Å². The molecular formula is C98H134F4N20O12S4. The van der Waals surface area contributed by atoms with Crippen molar-refractivity contribution in [2.45, 2.75) is 323 Å². The van der Waals surface area contributed by atoms with Crippen molar-refractivity contribution < 1.29 is 76.3 Å². The first-order valence-corrected chi connectivity index (χ1v) is 50.7. The van der Waals surface area contributed by atoms with Crippen LogP contribution in [0.15, 0.2) is 49.1 Å². The summed E-state index contributed by atoms with van der Waals surface area (Å²) in [5.74, 6) is -5.70. The number of rotatable bonds is 30. The van der Waals surface area contributed by atoms with E-state index in [-0.39, 0.29) is 105 Å². The maximum absolute atomic E-state index is 14.1. The van der Waals surface area contributed by atoms with E-state index in [0.29, 0.717) is 66.2 Å². The number of pyridine rings is 4. The molecule has 0 radical (unpaired) electrons. The molecule has 12 N–H and O–H groups in total. The molecule has 2 aliphatic carbocycles. The number of halogens is 4. The number of hydrogen-bond acceptors (Lipinski definition) is 28. The molecule has 8 amide bonds. The van der Waals surface area contributed by atoms with Crippen molar-refractivity contribution in [3.05, 3.63) is 114 Å². The number of thiazole rings is 4. The fourth-order valence-corrected chi connectivity index (χ4v) is 21.7. The molecule has 13 heterocycles. The van der Waals surface area contributed by atoms with Crippen molar-refractivity contribution in [2.75, 3.05) is 67.1 Å². The normalized spacial score (nSPS) is 19.4. The summed E-state index contributed by atoms with van der Waals surface area (Å²) in [4.78, 5) is 149. The lowest BCUT2D eigenvalue weighted by molar-refractivity contribution is 0.0115. The standard InChI is InChI=1S/C26H37N5O3S.C25H33F2N5O3S.C24H33N5O3S.C23H31F2N5O3S/c1-6-19(17-9-10-17)29-20-12-15(2)18(13-27-20)22-21(25(33)31-11-7-8-16(31)3)30-24(35-22)23(32)28-14-26(4,5)34;1-14-9-17(31-24(5)7-6-8-24)28-11-16(14)19-18(22(34)32-13-25(26,27)10-15(32)2)30-21(36-19)20(33)29-12-23(3,4)35;1-13(2)27-18-10-14(3)17(11-25-18)20-19(23(31)29-15-6-7-16(29)9-8-15)28-22(33-20)21(30)26-12-24(4,5)32;1-12(2)28-16-7-13(3)15(9-26-16)18-17(21(32)30-11-23(24,25)8-14(30)4)29-20(34-18)19(31)27-10-22(5,6)33/h12-13,16-17,19,34H,6-11,14H2,1-5H3,(H,27,29)(H,28,32);9,11,15,35H,6-8,10,12-13H2,1-5H3,(H,28,31)(H,29,33);10-11,13,15-16,32H,6-9,12H2,1-5H3,(H,25,27)(H,26,30);7,9,12,14,33H,8,10-11H2,1-6H3,(H,26,28)(H,27,31)/t16-,19+;15-;;14-/m00.0/s1. The number of carbonyl (C=O) groups excluding carboxylic acids is 8. The van der Waals surface area contributed by atoms with Gasteiger partial charge in [0.05, 0.1) is 55.0 Å². The Labute approximate surface area is 820 Å². The summed E-state index contributed by atoms with van der Waals surface area (Å²) in [5, 5.41) is 64.4. The summed E-state index contributed by atoms with van der Waals surface area (Å²) in [5.41, 5.74) is 2.53. The first-order valence-electron chi connectivity index (χ1n) is 47.5. The van der Waals surface area contributed by atoms with Crippen LogP contribution in [0.2, 0.25) is 0 Å². The third kappa shape index (κ3) is 27.2. The highest BCUT2D eigenvalue weighted by Gasteiger charge is 2.50. The molecule has 4 atom stereocenters. The van der Waals surface area contributed by atoms with Crippen LogP contribution in [-0.4, -0.2) is 261 Å². The number of aliphatic hydroxyl groups is 4. The van der Waals surface area contributed by atoms with Crippen LogP contribution in [0, 0.1) is 33.6 Å². The number of fused-ring (bicyclic) bond motifs is 2. The molecule has 40 heteroatoms. The van der Waals surface area contributed by atoms with Gasteiger partial charge >= 0.3 is 0 Å². The average Bonchev–Trinajstić information content (AvgIpc) is 1.61. The van der Waals surface area contributed by atoms with E-state index in [1.165, 1.54) is 41.9 Å². The van der Waals surface area contributed by atoms with Gasteiger partial charge in [-0.1, -0.05) is 6.92 Å². The van der Waals surface area contributed by atoms with Gasteiger partial charge in [-0.25, -0.2) is 57.4 Å². The third-order valence-electron chi connectivity index (χ3n) is 25.0. The fourth-order valence-electron chi connectivity index (χ4n) is 17.5. The molecule has 32 nitrogen and oxygen atoms in total. The van der Waals surface area contributed by atoms with Crippen LogP contribution in [0.25, 0.3) is 41.8 Å². The number of likely N-dealkylation sites (tertiary alicyclic amines) is 3. The Morgan fingerprint density at radius 2 is 0.739 bits per heavy atom. The third-order valence-corrected chi connectivity index (χ3v) is 29.4. The highest BCUT2D eigenvalue weighted by molar-refractivity contribution is 7.18. The highest BCUT2D eigenvalue weighted by Crippen LogP contribution is 2.46. The zero-order valence-corrected chi connectivity index (χ0v) is 86.0. The van der Waals surface area contributed by atoms with Gasteiger partial charge in [0.25, 0.3) is 59.1 Å². The van der Waals surface area contributed by atoms with Crippen LogP contribution in [0.4, 0.5) is 40.8 Å². The Balaban J connectivity index is 0.000000165. The summed E-state index contributed by atoms with van der Waals surface area (Å²) in [6, 6.07) is 7.87. The Morgan fingerprint density at radius 3 is 1.00 bits per heavy atom. The van der Waals surface area contributed by atoms with E-state index in [1.54, 1.807) is 94.0 Å². The summed E-state index contributed by atoms with van der Waals surface area (Å²) in [6.45, 7) is 37.5. The molecule has 5 aliphatic heterocycles. The average molecular weight is 1990 g/mol. The van der Waals surface area contributed by atoms with Gasteiger partial charge in [-0.15, -0.1) is 45.3 Å². The van der Waals surface area contributed by atoms with Crippen LogP contribution >= 0.6 is 45.3 Å². The van der Waals surface area contributed by atoms with Gasteiger partial charge in [-0.05, 0) is 268 Å². The Morgan fingerprint density at radius 1 is 0.435 bits per heavy atom. The lowest BCUT2D eigenvalue weighted by atomic mass is 9.78. The van der Waals surface area contributed by atoms with Crippen LogP contribution < -0.4 is 42.5 Å². The second kappa shape index (κ2) is 43.0. The Bertz CT molecular complexity index is 5770. The molecule has 0 aromatic carbocycles. The first-order chi connectivity index (χ1) is 64.4. The fraction of sp³-hybridized carbons (Fsp3) is 0.592. The maximum Gasteiger partial charge on any atom is 0.280 e. The number of carbonyl (C=O) groups is 8. The van der Waals surface area contributed by atoms with Crippen LogP contribution in [0.3, 0.4) is 0 Å². The number of nitrogens with zero attached hydrogens (tertiary/aromatic N) is 12. The zero-order valence-electron chi connectivity index (χ0n) is 82.7. The number of hydrogen-bond donors (Lipinski definition) is 12. The number of nitrogens with one attached hydrogen (secondary N) is 8. The van der Waals surface area contributed by atoms with E-state index in [4.69, 9.17) is 0 Å². The highest BCUT2D eigenvalue weighted by atomic mass is 32.1. The topological polar surface area (TPSA) is 430 Å². The first kappa shape index (κ1) is 107. The van der Waals surface area contributed by atoms with Crippen LogP contribution in [-0.2, 0) is 0 Å². The predicted octanol–water partition coefficient (Wildman–Crippen LogP) is 15.8. The van der Waals surface area contributed by atoms with Crippen molar-refractivity contribution in [1.29, 1.82) is 0 Å². The van der Waals surface area contributed by atoms with Crippen molar-refractivity contribution in [1.82, 2.24) is 80.7 Å². The Hall–Kier alpha value is -10.4. The molecule has 2 bridgehead atoms. The molecule has 2 saturated carbocycles. The van der Waals surface area contributed by atoms with Gasteiger partial charge in [-0.2, -0.15) is 0 Å². The van der Waals surface area contributed by atoms with E-state index < -0.39 is 108 Å². The SMILES string of the molecule is CC[C@@H](Nc1cc(C)c(-c2sc(C(=O)NCC(C)(C)O)nc2C(=O)N2CCC[C@@H]2C)cn1)C1CC1.Cc1cc(NC(C)C)ncc1-c1sc(C(=O)NCC(C)(C)O)nc1C(=O)N1C2CCC1CC2.Cc1cc(NC(C)C)ncc1-c1sc(C(=O)NCC(C)(C)O)nc1C(=O)N1CC(F)(F)C[C@@H]1C.Cc1cc(NC2(C)CCC2)ncc1-c1sc(C(=O)NCC(C)(C)O)nc1C(=O)N1CC(F)(F)C[C@@H]1C. The second-order valence-electron chi connectivity index (χ2n) is 41.3. The molecule has 0 unspecified atom stereocenters. The smallest absolute Gasteiger partial charge is 0.280 e. The molecule has 8 aromatic heterocycles. The number of anilines is 4.